The van der Waals surface area contributed by atoms with Crippen LogP contribution in [0, 0.1) is 5.92 Å². The smallest absolute Gasteiger partial charge is 0.325 e. The van der Waals surface area contributed by atoms with Gasteiger partial charge < -0.3 is 15.4 Å². The Bertz CT molecular complexity index is 926. The van der Waals surface area contributed by atoms with E-state index in [2.05, 4.69) is 10.6 Å². The first kappa shape index (κ1) is 18.0. The van der Waals surface area contributed by atoms with Gasteiger partial charge >= 0.3 is 6.03 Å². The molecule has 1 saturated carbocycles. The van der Waals surface area contributed by atoms with E-state index in [4.69, 9.17) is 4.74 Å². The van der Waals surface area contributed by atoms with Crippen LogP contribution >= 0.6 is 0 Å². The van der Waals surface area contributed by atoms with Gasteiger partial charge in [-0.3, -0.25) is 14.5 Å². The van der Waals surface area contributed by atoms with Crippen LogP contribution in [0.2, 0.25) is 0 Å². The maximum absolute atomic E-state index is 12.6. The van der Waals surface area contributed by atoms with Gasteiger partial charge in [0.05, 0.1) is 0 Å². The van der Waals surface area contributed by atoms with Crippen LogP contribution in [0.4, 0.5) is 10.5 Å². The maximum Gasteiger partial charge on any atom is 0.325 e. The largest absolute Gasteiger partial charge is 0.457 e. The summed E-state index contributed by atoms with van der Waals surface area (Å²) in [4.78, 5) is 38.2. The summed E-state index contributed by atoms with van der Waals surface area (Å²) >= 11 is 0. The fourth-order valence-corrected chi connectivity index (χ4v) is 3.40. The molecule has 1 heterocycles. The zero-order valence-electron chi connectivity index (χ0n) is 15.5. The normalized spacial score (nSPS) is 21.4. The minimum Gasteiger partial charge on any atom is -0.457 e. The first-order valence-corrected chi connectivity index (χ1v) is 9.22. The summed E-state index contributed by atoms with van der Waals surface area (Å²) < 4.78 is 5.75. The van der Waals surface area contributed by atoms with E-state index in [0.717, 1.165) is 17.7 Å². The number of rotatable bonds is 6. The lowest BCUT2D eigenvalue weighted by Gasteiger charge is -2.20. The molecule has 0 spiro atoms. The summed E-state index contributed by atoms with van der Waals surface area (Å²) in [5.41, 5.74) is -0.365. The van der Waals surface area contributed by atoms with Crippen LogP contribution in [0.1, 0.15) is 19.8 Å². The summed E-state index contributed by atoms with van der Waals surface area (Å²) in [5, 5.41) is 5.45. The van der Waals surface area contributed by atoms with Gasteiger partial charge in [0.2, 0.25) is 5.91 Å². The van der Waals surface area contributed by atoms with E-state index >= 15 is 0 Å². The van der Waals surface area contributed by atoms with Crippen molar-refractivity contribution in [1.82, 2.24) is 10.2 Å². The lowest BCUT2D eigenvalue weighted by molar-refractivity contribution is -0.134. The lowest BCUT2D eigenvalue weighted by Crippen LogP contribution is -2.46. The summed E-state index contributed by atoms with van der Waals surface area (Å²) in [5.74, 6) is 0.630. The highest BCUT2D eigenvalue weighted by atomic mass is 16.5. The number of nitrogens with zero attached hydrogens (tertiary/aromatic N) is 1. The van der Waals surface area contributed by atoms with Crippen LogP contribution in [-0.2, 0) is 9.59 Å². The average molecular weight is 379 g/mol. The fourth-order valence-electron chi connectivity index (χ4n) is 3.40. The number of benzene rings is 2. The summed E-state index contributed by atoms with van der Waals surface area (Å²) in [6, 6.07) is 15.7. The van der Waals surface area contributed by atoms with Crippen molar-refractivity contribution in [3.8, 4) is 11.5 Å². The molecule has 2 N–H and O–H groups in total. The van der Waals surface area contributed by atoms with Gasteiger partial charge in [0.25, 0.3) is 5.91 Å². The molecule has 1 saturated heterocycles. The third kappa shape index (κ3) is 3.55. The van der Waals surface area contributed by atoms with Crippen LogP contribution in [-0.4, -0.2) is 34.8 Å². The van der Waals surface area contributed by atoms with Crippen molar-refractivity contribution < 1.29 is 19.1 Å². The molecule has 1 atom stereocenters. The number of hydrogen-bond acceptors (Lipinski definition) is 4. The molecule has 2 aromatic carbocycles. The van der Waals surface area contributed by atoms with Crippen LogP contribution in [0.25, 0.3) is 0 Å². The standard InChI is InChI=1S/C21H21N3O4/c1-21(14-10-11-14)19(26)24(20(27)23-21)13-18(25)22-15-6-5-9-17(12-15)28-16-7-3-2-4-8-16/h2-9,12,14H,10-11,13H2,1H3,(H,22,25)(H,23,27). The van der Waals surface area contributed by atoms with Gasteiger partial charge in [-0.05, 0) is 49.9 Å². The number of urea groups is 1. The van der Waals surface area contributed by atoms with Gasteiger partial charge in [-0.25, -0.2) is 4.79 Å². The second kappa shape index (κ2) is 6.99. The fraction of sp³-hybridized carbons (Fsp3) is 0.286. The zero-order chi connectivity index (χ0) is 19.7. The molecule has 1 aliphatic carbocycles. The van der Waals surface area contributed by atoms with Crippen molar-refractivity contribution in [1.29, 1.82) is 0 Å². The summed E-state index contributed by atoms with van der Waals surface area (Å²) in [6.07, 6.45) is 1.83. The molecule has 4 rings (SSSR count). The third-order valence-electron chi connectivity index (χ3n) is 5.09. The first-order chi connectivity index (χ1) is 13.5. The van der Waals surface area contributed by atoms with Gasteiger partial charge in [-0.15, -0.1) is 0 Å². The SMILES string of the molecule is CC1(C2CC2)NC(=O)N(CC(=O)Nc2cccc(Oc3ccccc3)c2)C1=O. The summed E-state index contributed by atoms with van der Waals surface area (Å²) in [6.45, 7) is 1.41. The quantitative estimate of drug-likeness (QED) is 0.755. The molecule has 144 valence electrons. The molecular weight excluding hydrogens is 358 g/mol. The molecule has 0 radical (unpaired) electrons. The Morgan fingerprint density at radius 2 is 1.86 bits per heavy atom. The predicted octanol–water partition coefficient (Wildman–Crippen LogP) is 3.14. The highest BCUT2D eigenvalue weighted by Gasteiger charge is 2.56. The maximum atomic E-state index is 12.6. The highest BCUT2D eigenvalue weighted by molar-refractivity contribution is 6.10. The van der Waals surface area contributed by atoms with Crippen LogP contribution in [0.3, 0.4) is 0 Å². The van der Waals surface area contributed by atoms with Crippen molar-refractivity contribution in [2.75, 3.05) is 11.9 Å². The molecule has 28 heavy (non-hydrogen) atoms. The van der Waals surface area contributed by atoms with Gasteiger partial charge in [-0.1, -0.05) is 24.3 Å². The number of amides is 4. The van der Waals surface area contributed by atoms with Crippen molar-refractivity contribution in [2.45, 2.75) is 25.3 Å². The van der Waals surface area contributed by atoms with Crippen molar-refractivity contribution in [2.24, 2.45) is 5.92 Å². The molecule has 2 fully saturated rings. The number of hydrogen-bond donors (Lipinski definition) is 2. The second-order valence-corrected chi connectivity index (χ2v) is 7.29. The number of imide groups is 1. The number of anilines is 1. The number of carbonyl (C=O) groups is 3. The molecule has 0 aromatic heterocycles. The van der Waals surface area contributed by atoms with E-state index in [1.165, 1.54) is 0 Å². The van der Waals surface area contributed by atoms with Gasteiger partial charge in [0, 0.05) is 11.8 Å². The molecule has 1 unspecified atom stereocenters. The van der Waals surface area contributed by atoms with E-state index in [9.17, 15) is 14.4 Å². The minimum atomic E-state index is -0.888. The van der Waals surface area contributed by atoms with Crippen LogP contribution in [0.5, 0.6) is 11.5 Å². The van der Waals surface area contributed by atoms with E-state index in [1.54, 1.807) is 31.2 Å². The molecule has 1 aliphatic heterocycles. The number of nitrogens with one attached hydrogen (secondary N) is 2. The Morgan fingerprint density at radius 3 is 2.57 bits per heavy atom. The topological polar surface area (TPSA) is 87.7 Å². The number of carbonyl (C=O) groups excluding carboxylic acids is 3. The van der Waals surface area contributed by atoms with Crippen molar-refractivity contribution >= 4 is 23.5 Å². The van der Waals surface area contributed by atoms with Crippen LogP contribution < -0.4 is 15.4 Å². The van der Waals surface area contributed by atoms with Crippen LogP contribution in [0.15, 0.2) is 54.6 Å². The Kier molecular flexibility index (Phi) is 4.50. The number of ether oxygens (including phenoxy) is 1. The molecular formula is C21H21N3O4. The molecule has 7 heteroatoms. The van der Waals surface area contributed by atoms with Gasteiger partial charge in [-0.2, -0.15) is 0 Å². The molecule has 2 aliphatic rings. The Morgan fingerprint density at radius 1 is 1.14 bits per heavy atom. The van der Waals surface area contributed by atoms with Gasteiger partial charge in [0.1, 0.15) is 23.6 Å². The Balaban J connectivity index is 1.39. The Labute approximate surface area is 162 Å². The van der Waals surface area contributed by atoms with E-state index < -0.39 is 17.5 Å². The minimum absolute atomic E-state index is 0.156. The summed E-state index contributed by atoms with van der Waals surface area (Å²) in [7, 11) is 0. The number of para-hydroxylation sites is 1. The molecule has 0 bridgehead atoms. The Hall–Kier alpha value is -3.35. The highest BCUT2D eigenvalue weighted by Crippen LogP contribution is 2.42. The zero-order valence-corrected chi connectivity index (χ0v) is 15.5. The second-order valence-electron chi connectivity index (χ2n) is 7.29. The average Bonchev–Trinajstić information content (AvgIpc) is 3.49. The third-order valence-corrected chi connectivity index (χ3v) is 5.09. The van der Waals surface area contributed by atoms with E-state index in [1.807, 2.05) is 30.3 Å². The monoisotopic (exact) mass is 379 g/mol. The molecule has 4 amide bonds. The van der Waals surface area contributed by atoms with Crippen molar-refractivity contribution in [3.63, 3.8) is 0 Å². The van der Waals surface area contributed by atoms with Crippen molar-refractivity contribution in [3.05, 3.63) is 54.6 Å². The lowest BCUT2D eigenvalue weighted by atomic mass is 9.96. The molecule has 7 nitrogen and oxygen atoms in total. The van der Waals surface area contributed by atoms with E-state index in [-0.39, 0.29) is 18.4 Å². The molecule has 2 aromatic rings. The van der Waals surface area contributed by atoms with Gasteiger partial charge in [0.15, 0.2) is 0 Å². The first-order valence-electron chi connectivity index (χ1n) is 9.22. The predicted molar refractivity (Wildman–Crippen MR) is 103 cm³/mol. The van der Waals surface area contributed by atoms with E-state index in [0.29, 0.717) is 17.2 Å².